The lowest BCUT2D eigenvalue weighted by Crippen LogP contribution is -3.11. The second-order valence-electron chi connectivity index (χ2n) is 5.80. The number of aromatic nitrogens is 1. The topological polar surface area (TPSA) is 17.3 Å². The maximum Gasteiger partial charge on any atom is 0.148 e. The van der Waals surface area contributed by atoms with Gasteiger partial charge in [0.25, 0.3) is 0 Å². The van der Waals surface area contributed by atoms with Gasteiger partial charge >= 0.3 is 0 Å². The Balaban J connectivity index is 1.46. The van der Waals surface area contributed by atoms with Crippen LogP contribution in [0.1, 0.15) is 17.0 Å². The van der Waals surface area contributed by atoms with Crippen molar-refractivity contribution in [3.05, 3.63) is 71.2 Å². The van der Waals surface area contributed by atoms with E-state index in [4.69, 9.17) is 4.98 Å². The number of rotatable bonds is 3. The van der Waals surface area contributed by atoms with Gasteiger partial charge in [-0.3, -0.25) is 0 Å². The quantitative estimate of drug-likeness (QED) is 0.786. The van der Waals surface area contributed by atoms with Crippen LogP contribution in [-0.4, -0.2) is 18.1 Å². The molecule has 1 atom stereocenters. The van der Waals surface area contributed by atoms with Crippen molar-refractivity contribution in [1.82, 2.24) is 4.98 Å². The summed E-state index contributed by atoms with van der Waals surface area (Å²) in [6.45, 7) is 3.33. The Morgan fingerprint density at radius 2 is 1.82 bits per heavy atom. The van der Waals surface area contributed by atoms with Gasteiger partial charge < -0.3 is 4.90 Å². The molecule has 0 saturated carbocycles. The first-order chi connectivity index (χ1) is 10.9. The van der Waals surface area contributed by atoms with Gasteiger partial charge in [-0.15, -0.1) is 11.3 Å². The van der Waals surface area contributed by atoms with Gasteiger partial charge in [-0.1, -0.05) is 42.5 Å². The average molecular weight is 307 g/mol. The van der Waals surface area contributed by atoms with Crippen LogP contribution in [0.2, 0.25) is 0 Å². The summed E-state index contributed by atoms with van der Waals surface area (Å²) in [7, 11) is 0. The van der Waals surface area contributed by atoms with E-state index in [1.807, 2.05) is 11.3 Å². The number of hydrogen-bond donors (Lipinski definition) is 1. The molecule has 1 N–H and O–H groups in total. The first-order valence-corrected chi connectivity index (χ1v) is 8.62. The van der Waals surface area contributed by atoms with Crippen LogP contribution in [0.15, 0.2) is 60.7 Å². The first-order valence-electron chi connectivity index (χ1n) is 7.81. The van der Waals surface area contributed by atoms with Crippen molar-refractivity contribution in [2.45, 2.75) is 13.0 Å². The van der Waals surface area contributed by atoms with E-state index in [0.717, 1.165) is 25.0 Å². The van der Waals surface area contributed by atoms with Crippen molar-refractivity contribution in [3.8, 4) is 0 Å². The van der Waals surface area contributed by atoms with Crippen LogP contribution in [0.25, 0.3) is 15.8 Å². The van der Waals surface area contributed by atoms with Gasteiger partial charge in [0.1, 0.15) is 11.6 Å². The number of thiazole rings is 1. The summed E-state index contributed by atoms with van der Waals surface area (Å²) in [5.74, 6) is 0. The monoisotopic (exact) mass is 307 g/mol. The number of benzene rings is 2. The summed E-state index contributed by atoms with van der Waals surface area (Å²) in [5.41, 5.74) is 4.01. The molecule has 0 aliphatic carbocycles. The summed E-state index contributed by atoms with van der Waals surface area (Å²) in [4.78, 5) is 6.37. The average Bonchev–Trinajstić information content (AvgIpc) is 2.98. The number of hydrogen-bond acceptors (Lipinski definition) is 2. The molecule has 0 bridgehead atoms. The molecule has 2 heterocycles. The van der Waals surface area contributed by atoms with Crippen molar-refractivity contribution in [2.24, 2.45) is 0 Å². The molecule has 0 amide bonds. The zero-order valence-corrected chi connectivity index (χ0v) is 13.3. The third-order valence-electron chi connectivity index (χ3n) is 4.27. The van der Waals surface area contributed by atoms with Crippen molar-refractivity contribution in [1.29, 1.82) is 0 Å². The standard InChI is InChI=1S/C19H18N2S/c1-2-6-15(7-3-1)16-10-12-21(13-11-16)14-19-20-17-8-4-5-9-18(17)22-19/h1-10H,11-14H2/p+1. The highest BCUT2D eigenvalue weighted by Crippen LogP contribution is 2.21. The summed E-state index contributed by atoms with van der Waals surface area (Å²) >= 11 is 1.84. The van der Waals surface area contributed by atoms with Crippen LogP contribution in [0.3, 0.4) is 0 Å². The van der Waals surface area contributed by atoms with Crippen LogP contribution < -0.4 is 4.90 Å². The third-order valence-corrected chi connectivity index (χ3v) is 5.31. The Bertz CT molecular complexity index is 771. The fourth-order valence-corrected chi connectivity index (χ4v) is 4.11. The Morgan fingerprint density at radius 1 is 1.00 bits per heavy atom. The minimum Gasteiger partial charge on any atom is -0.326 e. The molecule has 0 radical (unpaired) electrons. The molecule has 0 saturated heterocycles. The van der Waals surface area contributed by atoms with Crippen molar-refractivity contribution in [3.63, 3.8) is 0 Å². The molecule has 1 aliphatic rings. The summed E-state index contributed by atoms with van der Waals surface area (Å²) in [6, 6.07) is 19.2. The molecule has 110 valence electrons. The number of nitrogens with zero attached hydrogens (tertiary/aromatic N) is 1. The van der Waals surface area contributed by atoms with Crippen molar-refractivity contribution >= 4 is 27.1 Å². The predicted octanol–water partition coefficient (Wildman–Crippen LogP) is 3.17. The third kappa shape index (κ3) is 2.82. The van der Waals surface area contributed by atoms with E-state index in [1.54, 1.807) is 4.90 Å². The van der Waals surface area contributed by atoms with Gasteiger partial charge in [0, 0.05) is 6.42 Å². The lowest BCUT2D eigenvalue weighted by Gasteiger charge is -2.22. The zero-order chi connectivity index (χ0) is 14.8. The smallest absolute Gasteiger partial charge is 0.148 e. The molecular formula is C19H19N2S+. The maximum absolute atomic E-state index is 4.76. The summed E-state index contributed by atoms with van der Waals surface area (Å²) in [5, 5.41) is 1.26. The van der Waals surface area contributed by atoms with E-state index in [2.05, 4.69) is 60.7 Å². The fourth-order valence-electron chi connectivity index (χ4n) is 3.07. The van der Waals surface area contributed by atoms with E-state index in [9.17, 15) is 0 Å². The molecule has 0 fully saturated rings. The molecular weight excluding hydrogens is 288 g/mol. The number of quaternary nitrogens is 1. The molecule has 1 unspecified atom stereocenters. The summed E-state index contributed by atoms with van der Waals surface area (Å²) in [6.07, 6.45) is 3.56. The molecule has 1 aromatic heterocycles. The zero-order valence-electron chi connectivity index (χ0n) is 12.5. The number of para-hydroxylation sites is 1. The largest absolute Gasteiger partial charge is 0.326 e. The van der Waals surface area contributed by atoms with E-state index in [1.165, 1.54) is 27.4 Å². The fraction of sp³-hybridized carbons (Fsp3) is 0.211. The van der Waals surface area contributed by atoms with Gasteiger partial charge in [0.15, 0.2) is 0 Å². The minimum atomic E-state index is 1.04. The molecule has 0 spiro atoms. The Morgan fingerprint density at radius 3 is 2.59 bits per heavy atom. The maximum atomic E-state index is 4.76. The minimum absolute atomic E-state index is 1.04. The van der Waals surface area contributed by atoms with Gasteiger partial charge in [0.2, 0.25) is 0 Å². The molecule has 3 heteroatoms. The normalized spacial score (nSPS) is 18.4. The Kier molecular flexibility index (Phi) is 3.75. The lowest BCUT2D eigenvalue weighted by atomic mass is 10.00. The molecule has 22 heavy (non-hydrogen) atoms. The van der Waals surface area contributed by atoms with Crippen molar-refractivity contribution in [2.75, 3.05) is 13.1 Å². The number of fused-ring (bicyclic) bond motifs is 1. The van der Waals surface area contributed by atoms with Crippen LogP contribution >= 0.6 is 11.3 Å². The number of nitrogens with one attached hydrogen (secondary N) is 1. The van der Waals surface area contributed by atoms with Crippen LogP contribution in [-0.2, 0) is 6.54 Å². The highest BCUT2D eigenvalue weighted by molar-refractivity contribution is 7.18. The second-order valence-corrected chi connectivity index (χ2v) is 6.92. The SMILES string of the molecule is C1=C(c2ccccc2)CC[NH+](Cc2nc3ccccc3s2)C1. The summed E-state index contributed by atoms with van der Waals surface area (Å²) < 4.78 is 1.30. The lowest BCUT2D eigenvalue weighted by molar-refractivity contribution is -0.908. The molecule has 3 aromatic rings. The predicted molar refractivity (Wildman–Crippen MR) is 93.1 cm³/mol. The van der Waals surface area contributed by atoms with Gasteiger partial charge in [-0.05, 0) is 29.3 Å². The molecule has 2 aromatic carbocycles. The second kappa shape index (κ2) is 6.03. The molecule has 4 rings (SSSR count). The van der Waals surface area contributed by atoms with Crippen LogP contribution in [0.4, 0.5) is 0 Å². The Labute approximate surface area is 134 Å². The molecule has 2 nitrogen and oxygen atoms in total. The van der Waals surface area contributed by atoms with E-state index >= 15 is 0 Å². The van der Waals surface area contributed by atoms with Crippen molar-refractivity contribution < 1.29 is 4.90 Å². The van der Waals surface area contributed by atoms with E-state index in [0.29, 0.717) is 0 Å². The molecule has 1 aliphatic heterocycles. The van der Waals surface area contributed by atoms with Crippen LogP contribution in [0.5, 0.6) is 0 Å². The van der Waals surface area contributed by atoms with E-state index < -0.39 is 0 Å². The van der Waals surface area contributed by atoms with E-state index in [-0.39, 0.29) is 0 Å². The van der Waals surface area contributed by atoms with Crippen LogP contribution in [0, 0.1) is 0 Å². The Hall–Kier alpha value is -1.97. The van der Waals surface area contributed by atoms with Gasteiger partial charge in [0.05, 0.1) is 23.3 Å². The van der Waals surface area contributed by atoms with Gasteiger partial charge in [-0.25, -0.2) is 4.98 Å². The van der Waals surface area contributed by atoms with Gasteiger partial charge in [-0.2, -0.15) is 0 Å². The first kappa shape index (κ1) is 13.7. The highest BCUT2D eigenvalue weighted by atomic mass is 32.1. The highest BCUT2D eigenvalue weighted by Gasteiger charge is 2.17.